The summed E-state index contributed by atoms with van der Waals surface area (Å²) in [5.41, 5.74) is 5.39. The minimum Gasteiger partial charge on any atom is -0.390 e. The van der Waals surface area contributed by atoms with E-state index in [2.05, 4.69) is 41.9 Å². The van der Waals surface area contributed by atoms with Crippen molar-refractivity contribution >= 4 is 11.6 Å². The Balaban J connectivity index is 1.47. The van der Waals surface area contributed by atoms with Gasteiger partial charge in [-0.2, -0.15) is 0 Å². The van der Waals surface area contributed by atoms with Crippen molar-refractivity contribution in [1.82, 2.24) is 10.6 Å². The number of fused-ring (bicyclic) bond motifs is 1. The highest BCUT2D eigenvalue weighted by Gasteiger charge is 2.26. The number of aryl methyl sites for hydroxylation is 1. The summed E-state index contributed by atoms with van der Waals surface area (Å²) in [7, 11) is 0. The normalized spacial score (nSPS) is 15.9. The number of aliphatic hydroxyl groups excluding tert-OH is 1. The quantitative estimate of drug-likeness (QED) is 0.226. The van der Waals surface area contributed by atoms with Crippen LogP contribution in [0.15, 0.2) is 60.7 Å². The number of unbranched alkanes of at least 4 members (excludes halogenated alkanes) is 1. The zero-order chi connectivity index (χ0) is 27.8. The molecule has 1 heterocycles. The van der Waals surface area contributed by atoms with Crippen LogP contribution in [0, 0.1) is 11.6 Å². The second kappa shape index (κ2) is 13.7. The average Bonchev–Trinajstić information content (AvgIpc) is 3.33. The molecule has 3 atom stereocenters. The monoisotopic (exact) mass is 535 g/mol. The van der Waals surface area contributed by atoms with Crippen LogP contribution in [-0.4, -0.2) is 36.2 Å². The number of amides is 1. The third kappa shape index (κ3) is 7.87. The van der Waals surface area contributed by atoms with Gasteiger partial charge in [0.25, 0.3) is 5.91 Å². The first-order valence-corrected chi connectivity index (χ1v) is 14.0. The maximum Gasteiger partial charge on any atom is 0.251 e. The van der Waals surface area contributed by atoms with Crippen LogP contribution in [0.4, 0.5) is 14.5 Å². The summed E-state index contributed by atoms with van der Waals surface area (Å²) in [5.74, 6) is -1.35. The van der Waals surface area contributed by atoms with E-state index >= 15 is 0 Å². The van der Waals surface area contributed by atoms with Gasteiger partial charge in [-0.05, 0) is 71.8 Å². The molecule has 5 nitrogen and oxygen atoms in total. The molecule has 7 heteroatoms. The molecule has 1 aliphatic rings. The van der Waals surface area contributed by atoms with Crippen molar-refractivity contribution in [3.8, 4) is 0 Å². The second-order valence-corrected chi connectivity index (χ2v) is 10.5. The highest BCUT2D eigenvalue weighted by molar-refractivity contribution is 5.95. The molecule has 0 saturated heterocycles. The highest BCUT2D eigenvalue weighted by Crippen LogP contribution is 2.35. The van der Waals surface area contributed by atoms with Crippen molar-refractivity contribution < 1.29 is 18.7 Å². The van der Waals surface area contributed by atoms with Crippen LogP contribution < -0.4 is 16.0 Å². The van der Waals surface area contributed by atoms with Gasteiger partial charge >= 0.3 is 0 Å². The Kier molecular flexibility index (Phi) is 10.1. The first kappa shape index (κ1) is 28.7. The SMILES string of the molecule is CCCCC1CNc2ccc(C(=O)N[C@@H](Cc3cc(F)cc(F)c3)[C@H](O)CNCc3cccc(CC)c3)cc21. The smallest absolute Gasteiger partial charge is 0.251 e. The molecule has 39 heavy (non-hydrogen) atoms. The lowest BCUT2D eigenvalue weighted by Gasteiger charge is -2.25. The van der Waals surface area contributed by atoms with E-state index in [0.717, 1.165) is 55.1 Å². The lowest BCUT2D eigenvalue weighted by molar-refractivity contribution is 0.0829. The standard InChI is InChI=1S/C32H39F2N3O2/c1-3-5-9-25-19-36-29-11-10-24(16-28(25)29)32(39)37-30(15-23-13-26(33)17-27(34)14-23)31(38)20-35-18-22-8-6-7-21(4-2)12-22/h6-8,10-14,16-17,25,30-31,35-36,38H,3-5,9,15,18-20H2,1-2H3,(H,37,39)/t25?,30-,31+/m0/s1. The Labute approximate surface area is 230 Å². The van der Waals surface area contributed by atoms with Gasteiger partial charge in [-0.1, -0.05) is 51.0 Å². The number of hydrogen-bond donors (Lipinski definition) is 4. The molecule has 3 aromatic carbocycles. The molecule has 0 radical (unpaired) electrons. The Morgan fingerprint density at radius 2 is 1.79 bits per heavy atom. The van der Waals surface area contributed by atoms with Crippen LogP contribution in [0.5, 0.6) is 0 Å². The van der Waals surface area contributed by atoms with Gasteiger partial charge in [0.2, 0.25) is 0 Å². The molecule has 0 spiro atoms. The molecular formula is C32H39F2N3O2. The third-order valence-electron chi connectivity index (χ3n) is 7.44. The maximum atomic E-state index is 13.9. The number of carbonyl (C=O) groups is 1. The van der Waals surface area contributed by atoms with Crippen LogP contribution in [-0.2, 0) is 19.4 Å². The molecule has 1 amide bonds. The molecule has 4 N–H and O–H groups in total. The molecule has 0 aromatic heterocycles. The van der Waals surface area contributed by atoms with E-state index < -0.39 is 23.8 Å². The van der Waals surface area contributed by atoms with Gasteiger partial charge in [0.15, 0.2) is 0 Å². The average molecular weight is 536 g/mol. The van der Waals surface area contributed by atoms with Gasteiger partial charge in [0.05, 0.1) is 12.1 Å². The summed E-state index contributed by atoms with van der Waals surface area (Å²) in [6.07, 6.45) is 3.33. The molecular weight excluding hydrogens is 496 g/mol. The molecule has 0 saturated carbocycles. The van der Waals surface area contributed by atoms with E-state index in [1.807, 2.05) is 24.3 Å². The Hall–Kier alpha value is -3.29. The largest absolute Gasteiger partial charge is 0.390 e. The van der Waals surface area contributed by atoms with Crippen molar-refractivity contribution in [3.05, 3.63) is 100 Å². The van der Waals surface area contributed by atoms with Crippen LogP contribution in [0.2, 0.25) is 0 Å². The first-order chi connectivity index (χ1) is 18.9. The van der Waals surface area contributed by atoms with Crippen molar-refractivity contribution in [2.75, 3.05) is 18.4 Å². The lowest BCUT2D eigenvalue weighted by Crippen LogP contribution is -2.48. The molecule has 1 unspecified atom stereocenters. The number of benzene rings is 3. The minimum atomic E-state index is -0.983. The van der Waals surface area contributed by atoms with E-state index in [-0.39, 0.29) is 18.9 Å². The van der Waals surface area contributed by atoms with Crippen molar-refractivity contribution in [2.45, 2.75) is 70.6 Å². The summed E-state index contributed by atoms with van der Waals surface area (Å²) in [4.78, 5) is 13.4. The summed E-state index contributed by atoms with van der Waals surface area (Å²) in [6, 6.07) is 16.4. The van der Waals surface area contributed by atoms with Gasteiger partial charge in [-0.3, -0.25) is 4.79 Å². The fourth-order valence-corrected chi connectivity index (χ4v) is 5.24. The molecule has 3 aromatic rings. The topological polar surface area (TPSA) is 73.4 Å². The van der Waals surface area contributed by atoms with E-state index in [4.69, 9.17) is 0 Å². The predicted molar refractivity (Wildman–Crippen MR) is 152 cm³/mol. The van der Waals surface area contributed by atoms with Crippen molar-refractivity contribution in [2.24, 2.45) is 0 Å². The number of hydrogen-bond acceptors (Lipinski definition) is 4. The van der Waals surface area contributed by atoms with Gasteiger partial charge in [-0.25, -0.2) is 8.78 Å². The Bertz CT molecular complexity index is 1250. The summed E-state index contributed by atoms with van der Waals surface area (Å²) in [6.45, 7) is 5.88. The lowest BCUT2D eigenvalue weighted by atomic mass is 9.94. The predicted octanol–water partition coefficient (Wildman–Crippen LogP) is 5.72. The first-order valence-electron chi connectivity index (χ1n) is 14.0. The van der Waals surface area contributed by atoms with Gasteiger partial charge < -0.3 is 21.1 Å². The minimum absolute atomic E-state index is 0.0835. The third-order valence-corrected chi connectivity index (χ3v) is 7.44. The zero-order valence-corrected chi connectivity index (χ0v) is 22.8. The molecule has 0 fully saturated rings. The van der Waals surface area contributed by atoms with E-state index in [1.165, 1.54) is 17.7 Å². The summed E-state index contributed by atoms with van der Waals surface area (Å²) >= 11 is 0. The number of rotatable bonds is 13. The van der Waals surface area contributed by atoms with Crippen molar-refractivity contribution in [1.29, 1.82) is 0 Å². The number of halogens is 2. The van der Waals surface area contributed by atoms with Crippen LogP contribution >= 0.6 is 0 Å². The van der Waals surface area contributed by atoms with Crippen LogP contribution in [0.3, 0.4) is 0 Å². The number of carbonyl (C=O) groups excluding carboxylic acids is 1. The zero-order valence-electron chi connectivity index (χ0n) is 22.8. The fourth-order valence-electron chi connectivity index (χ4n) is 5.24. The van der Waals surface area contributed by atoms with Gasteiger partial charge in [0.1, 0.15) is 11.6 Å². The molecule has 1 aliphatic heterocycles. The second-order valence-electron chi connectivity index (χ2n) is 10.5. The Morgan fingerprint density at radius 1 is 1.03 bits per heavy atom. The Morgan fingerprint density at radius 3 is 2.54 bits per heavy atom. The van der Waals surface area contributed by atoms with Gasteiger partial charge in [-0.15, -0.1) is 0 Å². The number of anilines is 1. The molecule has 0 aliphatic carbocycles. The van der Waals surface area contributed by atoms with Crippen LogP contribution in [0.1, 0.15) is 71.6 Å². The summed E-state index contributed by atoms with van der Waals surface area (Å²) < 4.78 is 27.8. The maximum absolute atomic E-state index is 13.9. The molecule has 0 bridgehead atoms. The van der Waals surface area contributed by atoms with Crippen molar-refractivity contribution in [3.63, 3.8) is 0 Å². The number of aliphatic hydroxyl groups is 1. The summed E-state index contributed by atoms with van der Waals surface area (Å²) in [5, 5.41) is 20.7. The highest BCUT2D eigenvalue weighted by atomic mass is 19.1. The van der Waals surface area contributed by atoms with E-state index in [0.29, 0.717) is 23.6 Å². The van der Waals surface area contributed by atoms with E-state index in [1.54, 1.807) is 6.07 Å². The fraction of sp³-hybridized carbons (Fsp3) is 0.406. The molecule has 208 valence electrons. The number of nitrogens with one attached hydrogen (secondary N) is 3. The van der Waals surface area contributed by atoms with E-state index in [9.17, 15) is 18.7 Å². The molecule has 4 rings (SSSR count). The van der Waals surface area contributed by atoms with Gasteiger partial charge in [0, 0.05) is 42.9 Å². The van der Waals surface area contributed by atoms with Crippen LogP contribution in [0.25, 0.3) is 0 Å².